The van der Waals surface area contributed by atoms with Gasteiger partial charge >= 0.3 is 6.09 Å². The number of nitrogens with zero attached hydrogens (tertiary/aromatic N) is 1. The molecular weight excluding hydrogens is 252 g/mol. The number of hydrazone groups is 1. The maximum Gasteiger partial charge on any atom is 0.425 e. The Labute approximate surface area is 120 Å². The average molecular weight is 276 g/mol. The summed E-state index contributed by atoms with van der Waals surface area (Å²) in [5.41, 5.74) is 4.17. The SMILES string of the molecule is CCCCCCCCc1ccc(/C=N/NC(=O)O)cc1. The Bertz CT molecular complexity index is 413. The Morgan fingerprint density at radius 2 is 1.80 bits per heavy atom. The summed E-state index contributed by atoms with van der Waals surface area (Å²) in [5.74, 6) is 0. The van der Waals surface area contributed by atoms with Gasteiger partial charge in [0.2, 0.25) is 0 Å². The minimum atomic E-state index is -1.15. The molecule has 0 aliphatic carbocycles. The number of nitrogens with one attached hydrogen (secondary N) is 1. The van der Waals surface area contributed by atoms with E-state index >= 15 is 0 Å². The molecule has 20 heavy (non-hydrogen) atoms. The lowest BCUT2D eigenvalue weighted by Gasteiger charge is -2.02. The number of hydrogen-bond donors (Lipinski definition) is 2. The first-order chi connectivity index (χ1) is 9.72. The molecular formula is C16H24N2O2. The fourth-order valence-electron chi connectivity index (χ4n) is 2.04. The lowest BCUT2D eigenvalue weighted by Crippen LogP contribution is -2.13. The maximum atomic E-state index is 10.2. The smallest absolute Gasteiger partial charge is 0.425 e. The second-order valence-electron chi connectivity index (χ2n) is 4.93. The summed E-state index contributed by atoms with van der Waals surface area (Å²) in [6, 6.07) is 8.07. The molecule has 0 saturated heterocycles. The first kappa shape index (κ1) is 16.2. The van der Waals surface area contributed by atoms with Crippen LogP contribution < -0.4 is 5.43 Å². The van der Waals surface area contributed by atoms with Crippen molar-refractivity contribution in [1.82, 2.24) is 5.43 Å². The standard InChI is InChI=1S/C16H24N2O2/c1-2-3-4-5-6-7-8-14-9-11-15(12-10-14)13-17-18-16(19)20/h9-13,18H,2-8H2,1H3,(H,19,20)/b17-13+. The van der Waals surface area contributed by atoms with Crippen LogP contribution >= 0.6 is 0 Å². The number of rotatable bonds is 9. The molecule has 0 aliphatic rings. The highest BCUT2D eigenvalue weighted by Crippen LogP contribution is 2.10. The van der Waals surface area contributed by atoms with Gasteiger partial charge in [-0.3, -0.25) is 0 Å². The van der Waals surface area contributed by atoms with Gasteiger partial charge in [-0.2, -0.15) is 5.10 Å². The zero-order valence-corrected chi connectivity index (χ0v) is 12.1. The van der Waals surface area contributed by atoms with Crippen molar-refractivity contribution in [2.45, 2.75) is 51.9 Å². The van der Waals surface area contributed by atoms with Crippen LogP contribution in [-0.2, 0) is 6.42 Å². The summed E-state index contributed by atoms with van der Waals surface area (Å²) in [4.78, 5) is 10.2. The molecule has 0 heterocycles. The van der Waals surface area contributed by atoms with E-state index in [1.807, 2.05) is 17.6 Å². The van der Waals surface area contributed by atoms with E-state index in [-0.39, 0.29) is 0 Å². The van der Waals surface area contributed by atoms with Gasteiger partial charge in [0.05, 0.1) is 6.21 Å². The number of amides is 1. The van der Waals surface area contributed by atoms with Gasteiger partial charge in [-0.05, 0) is 24.0 Å². The number of hydrogen-bond acceptors (Lipinski definition) is 2. The fraction of sp³-hybridized carbons (Fsp3) is 0.500. The zero-order valence-electron chi connectivity index (χ0n) is 12.1. The minimum Gasteiger partial charge on any atom is -0.464 e. The molecule has 0 unspecified atom stereocenters. The molecule has 1 rings (SSSR count). The molecule has 4 heteroatoms. The Morgan fingerprint density at radius 1 is 1.15 bits per heavy atom. The summed E-state index contributed by atoms with van der Waals surface area (Å²) >= 11 is 0. The number of carbonyl (C=O) groups is 1. The highest BCUT2D eigenvalue weighted by atomic mass is 16.4. The summed E-state index contributed by atoms with van der Waals surface area (Å²) in [6.07, 6.45) is 9.31. The van der Waals surface area contributed by atoms with Crippen LogP contribution in [0.25, 0.3) is 0 Å². The summed E-state index contributed by atoms with van der Waals surface area (Å²) < 4.78 is 0. The molecule has 0 spiro atoms. The topological polar surface area (TPSA) is 61.7 Å². The predicted molar refractivity (Wildman–Crippen MR) is 82.3 cm³/mol. The number of benzene rings is 1. The maximum absolute atomic E-state index is 10.2. The van der Waals surface area contributed by atoms with Crippen LogP contribution in [0.5, 0.6) is 0 Å². The van der Waals surface area contributed by atoms with Crippen molar-refractivity contribution in [2.24, 2.45) is 5.10 Å². The van der Waals surface area contributed by atoms with E-state index < -0.39 is 6.09 Å². The Hall–Kier alpha value is -1.84. The van der Waals surface area contributed by atoms with E-state index in [1.54, 1.807) is 0 Å². The normalized spacial score (nSPS) is 10.8. The fourth-order valence-corrected chi connectivity index (χ4v) is 2.04. The van der Waals surface area contributed by atoms with Crippen LogP contribution in [0.4, 0.5) is 4.79 Å². The van der Waals surface area contributed by atoms with E-state index in [1.165, 1.54) is 50.3 Å². The number of aryl methyl sites for hydroxylation is 1. The van der Waals surface area contributed by atoms with Crippen molar-refractivity contribution in [3.63, 3.8) is 0 Å². The van der Waals surface area contributed by atoms with Gasteiger partial charge in [0.1, 0.15) is 0 Å². The first-order valence-electron chi connectivity index (χ1n) is 7.33. The lowest BCUT2D eigenvalue weighted by atomic mass is 10.0. The monoisotopic (exact) mass is 276 g/mol. The molecule has 0 radical (unpaired) electrons. The molecule has 0 aliphatic heterocycles. The van der Waals surface area contributed by atoms with Crippen LogP contribution in [0.2, 0.25) is 0 Å². The summed E-state index contributed by atoms with van der Waals surface area (Å²) in [5, 5.41) is 12.0. The third-order valence-corrected chi connectivity index (χ3v) is 3.17. The second kappa shape index (κ2) is 10.0. The van der Waals surface area contributed by atoms with Gasteiger partial charge in [-0.1, -0.05) is 63.3 Å². The first-order valence-corrected chi connectivity index (χ1v) is 7.33. The molecule has 0 aromatic heterocycles. The Morgan fingerprint density at radius 3 is 2.45 bits per heavy atom. The van der Waals surface area contributed by atoms with Crippen molar-refractivity contribution in [2.75, 3.05) is 0 Å². The highest BCUT2D eigenvalue weighted by molar-refractivity contribution is 5.80. The molecule has 4 nitrogen and oxygen atoms in total. The summed E-state index contributed by atoms with van der Waals surface area (Å²) in [7, 11) is 0. The van der Waals surface area contributed by atoms with E-state index in [0.29, 0.717) is 0 Å². The molecule has 0 fully saturated rings. The van der Waals surface area contributed by atoms with Crippen LogP contribution in [0.1, 0.15) is 56.6 Å². The summed E-state index contributed by atoms with van der Waals surface area (Å²) in [6.45, 7) is 2.23. The molecule has 1 aromatic carbocycles. The quantitative estimate of drug-likeness (QED) is 0.403. The largest absolute Gasteiger partial charge is 0.464 e. The van der Waals surface area contributed by atoms with Crippen LogP contribution in [0.3, 0.4) is 0 Å². The van der Waals surface area contributed by atoms with Crippen LogP contribution in [-0.4, -0.2) is 17.4 Å². The van der Waals surface area contributed by atoms with Crippen molar-refractivity contribution in [3.05, 3.63) is 35.4 Å². The molecule has 0 saturated carbocycles. The number of carboxylic acid groups (broad SMARTS) is 1. The van der Waals surface area contributed by atoms with Crippen LogP contribution in [0.15, 0.2) is 29.4 Å². The predicted octanol–water partition coefficient (Wildman–Crippen LogP) is 4.19. The van der Waals surface area contributed by atoms with E-state index in [2.05, 4.69) is 24.2 Å². The van der Waals surface area contributed by atoms with Gasteiger partial charge in [-0.15, -0.1) is 0 Å². The zero-order chi connectivity index (χ0) is 14.6. The number of unbranched alkanes of at least 4 members (excludes halogenated alkanes) is 5. The molecule has 0 atom stereocenters. The second-order valence-corrected chi connectivity index (χ2v) is 4.93. The van der Waals surface area contributed by atoms with Gasteiger partial charge in [0.15, 0.2) is 0 Å². The molecule has 2 N–H and O–H groups in total. The van der Waals surface area contributed by atoms with Gasteiger partial charge < -0.3 is 5.11 Å². The molecule has 110 valence electrons. The highest BCUT2D eigenvalue weighted by Gasteiger charge is 1.95. The van der Waals surface area contributed by atoms with Crippen LogP contribution in [0, 0.1) is 0 Å². The van der Waals surface area contributed by atoms with Crippen molar-refractivity contribution < 1.29 is 9.90 Å². The molecule has 1 amide bonds. The van der Waals surface area contributed by atoms with E-state index in [9.17, 15) is 4.79 Å². The van der Waals surface area contributed by atoms with E-state index in [4.69, 9.17) is 5.11 Å². The van der Waals surface area contributed by atoms with Gasteiger partial charge in [0.25, 0.3) is 0 Å². The van der Waals surface area contributed by atoms with E-state index in [0.717, 1.165) is 12.0 Å². The Balaban J connectivity index is 2.24. The van der Waals surface area contributed by atoms with Crippen molar-refractivity contribution in [3.8, 4) is 0 Å². The third-order valence-electron chi connectivity index (χ3n) is 3.17. The van der Waals surface area contributed by atoms with Gasteiger partial charge in [-0.25, -0.2) is 10.2 Å². The van der Waals surface area contributed by atoms with Crippen molar-refractivity contribution >= 4 is 12.3 Å². The molecule has 0 bridgehead atoms. The third kappa shape index (κ3) is 7.56. The Kier molecular flexibility index (Phi) is 8.11. The lowest BCUT2D eigenvalue weighted by molar-refractivity contribution is 0.195. The minimum absolute atomic E-state index is 0.894. The van der Waals surface area contributed by atoms with Gasteiger partial charge in [0, 0.05) is 0 Å². The molecule has 1 aromatic rings. The average Bonchev–Trinajstić information content (AvgIpc) is 2.44. The van der Waals surface area contributed by atoms with Crippen molar-refractivity contribution in [1.29, 1.82) is 0 Å².